The summed E-state index contributed by atoms with van der Waals surface area (Å²) in [6.45, 7) is 17.6. The Hall–Kier alpha value is -0.386. The van der Waals surface area contributed by atoms with E-state index in [-0.39, 0.29) is 11.7 Å². The number of Topliss-reactive ketones (excluding diaryl/α,β-unsaturated/α-hetero) is 1. The molecule has 2 atom stereocenters. The quantitative estimate of drug-likeness (QED) is 0.497. The van der Waals surface area contributed by atoms with Crippen molar-refractivity contribution in [2.24, 2.45) is 5.92 Å². The van der Waals surface area contributed by atoms with Gasteiger partial charge >= 0.3 is 0 Å². The van der Waals surface area contributed by atoms with Crippen molar-refractivity contribution in [3.63, 3.8) is 0 Å². The molecule has 0 N–H and O–H groups in total. The Morgan fingerprint density at radius 3 is 1.86 bits per heavy atom. The number of allylic oxidation sites excluding steroid dienone is 4. The Kier molecular flexibility index (Phi) is 5.34. The van der Waals surface area contributed by atoms with Gasteiger partial charge in [-0.15, -0.1) is 11.6 Å². The minimum atomic E-state index is -1.34. The van der Waals surface area contributed by atoms with Crippen LogP contribution in [0.3, 0.4) is 0 Å². The standard InChI is InChI=1S/C17H29ClOSi2/c1-13-14(9-11-20(3,4)5)15(10-12-21(6,7)8)16(19)17(13,2)18/h9-13H,1-8H3/b11-9+,12-10+/t13-,17-/m1/s1. The van der Waals surface area contributed by atoms with Crippen molar-refractivity contribution in [3.8, 4) is 0 Å². The first-order chi connectivity index (χ1) is 9.26. The fourth-order valence-electron chi connectivity index (χ4n) is 2.20. The number of alkyl halides is 1. The highest BCUT2D eigenvalue weighted by molar-refractivity contribution is 6.81. The molecule has 21 heavy (non-hydrogen) atoms. The summed E-state index contributed by atoms with van der Waals surface area (Å²) in [5, 5.41) is 0. The van der Waals surface area contributed by atoms with Crippen LogP contribution >= 0.6 is 11.6 Å². The zero-order valence-electron chi connectivity index (χ0n) is 14.7. The van der Waals surface area contributed by atoms with Crippen molar-refractivity contribution in [2.45, 2.75) is 58.0 Å². The van der Waals surface area contributed by atoms with Gasteiger partial charge in [0.25, 0.3) is 0 Å². The Morgan fingerprint density at radius 2 is 1.43 bits per heavy atom. The van der Waals surface area contributed by atoms with Crippen LogP contribution in [0.5, 0.6) is 0 Å². The van der Waals surface area contributed by atoms with Crippen LogP contribution < -0.4 is 0 Å². The van der Waals surface area contributed by atoms with E-state index in [1.54, 1.807) is 0 Å². The van der Waals surface area contributed by atoms with E-state index >= 15 is 0 Å². The highest BCUT2D eigenvalue weighted by Crippen LogP contribution is 2.43. The van der Waals surface area contributed by atoms with Gasteiger partial charge in [0, 0.05) is 11.5 Å². The summed E-state index contributed by atoms with van der Waals surface area (Å²) >= 11 is 6.52. The topological polar surface area (TPSA) is 17.1 Å². The first kappa shape index (κ1) is 18.7. The molecule has 0 aliphatic heterocycles. The second-order valence-electron chi connectivity index (χ2n) is 8.39. The lowest BCUT2D eigenvalue weighted by Crippen LogP contribution is -2.31. The average molecular weight is 341 g/mol. The fourth-order valence-corrected chi connectivity index (χ4v) is 3.76. The van der Waals surface area contributed by atoms with Gasteiger partial charge in [0.1, 0.15) is 4.87 Å². The van der Waals surface area contributed by atoms with Gasteiger partial charge < -0.3 is 0 Å². The van der Waals surface area contributed by atoms with Crippen LogP contribution in [0, 0.1) is 5.92 Å². The number of ketones is 1. The van der Waals surface area contributed by atoms with E-state index in [4.69, 9.17) is 11.6 Å². The molecule has 0 spiro atoms. The summed E-state index contributed by atoms with van der Waals surface area (Å²) in [5.74, 6) is 0.127. The van der Waals surface area contributed by atoms with E-state index in [1.165, 1.54) is 0 Å². The van der Waals surface area contributed by atoms with Crippen molar-refractivity contribution in [2.75, 3.05) is 0 Å². The number of carbonyl (C=O) groups is 1. The third-order valence-corrected chi connectivity index (χ3v) is 6.62. The van der Waals surface area contributed by atoms with E-state index in [9.17, 15) is 4.79 Å². The lowest BCUT2D eigenvalue weighted by molar-refractivity contribution is -0.117. The zero-order valence-corrected chi connectivity index (χ0v) is 17.4. The third-order valence-electron chi connectivity index (χ3n) is 3.79. The lowest BCUT2D eigenvalue weighted by atomic mass is 9.93. The number of hydrogen-bond donors (Lipinski definition) is 0. The van der Waals surface area contributed by atoms with Gasteiger partial charge in [0.2, 0.25) is 0 Å². The molecule has 0 fully saturated rings. The zero-order chi connectivity index (χ0) is 16.6. The van der Waals surface area contributed by atoms with E-state index < -0.39 is 21.0 Å². The predicted octanol–water partition coefficient (Wildman–Crippen LogP) is 5.37. The van der Waals surface area contributed by atoms with Gasteiger partial charge in [-0.3, -0.25) is 4.79 Å². The molecule has 0 aromatic heterocycles. The molecular formula is C17H29ClOSi2. The SMILES string of the molecule is C[C@@H]1C(/C=C/[Si](C)(C)C)=C(/C=C/[Si](C)(C)C)C(=O)[C@]1(C)Cl. The summed E-state index contributed by atoms with van der Waals surface area (Å²) in [6, 6.07) is 0. The number of carbonyl (C=O) groups excluding carboxylic acids is 1. The summed E-state index contributed by atoms with van der Waals surface area (Å²) in [4.78, 5) is 11.8. The molecule has 1 aliphatic rings. The first-order valence-electron chi connectivity index (χ1n) is 7.62. The molecule has 0 bridgehead atoms. The van der Waals surface area contributed by atoms with Crippen LogP contribution in [-0.4, -0.2) is 26.8 Å². The number of hydrogen-bond acceptors (Lipinski definition) is 1. The largest absolute Gasteiger partial charge is 0.292 e. The third kappa shape index (κ3) is 4.80. The van der Waals surface area contributed by atoms with Gasteiger partial charge in [0.05, 0.1) is 16.1 Å². The van der Waals surface area contributed by atoms with E-state index in [2.05, 4.69) is 63.7 Å². The Bertz CT molecular complexity index is 514. The molecule has 0 saturated carbocycles. The van der Waals surface area contributed by atoms with Crippen LogP contribution in [-0.2, 0) is 4.79 Å². The molecule has 0 radical (unpaired) electrons. The fraction of sp³-hybridized carbons (Fsp3) is 0.588. The Morgan fingerprint density at radius 1 is 1.00 bits per heavy atom. The van der Waals surface area contributed by atoms with E-state index in [1.807, 2.05) is 13.0 Å². The Balaban J connectivity index is 3.32. The van der Waals surface area contributed by atoms with Crippen molar-refractivity contribution < 1.29 is 4.79 Å². The maximum absolute atomic E-state index is 12.6. The summed E-state index contributed by atoms with van der Waals surface area (Å²) in [5.41, 5.74) is 6.45. The molecule has 0 heterocycles. The second kappa shape index (κ2) is 6.01. The summed E-state index contributed by atoms with van der Waals surface area (Å²) < 4.78 is 0. The number of halogens is 1. The average Bonchev–Trinajstić information content (AvgIpc) is 2.43. The molecule has 0 amide bonds. The highest BCUT2D eigenvalue weighted by Gasteiger charge is 2.46. The maximum Gasteiger partial charge on any atom is 0.184 e. The van der Waals surface area contributed by atoms with Gasteiger partial charge in [-0.25, -0.2) is 0 Å². The van der Waals surface area contributed by atoms with Crippen LogP contribution in [0.2, 0.25) is 39.3 Å². The van der Waals surface area contributed by atoms with Crippen LogP contribution in [0.15, 0.2) is 34.7 Å². The molecule has 1 nitrogen and oxygen atoms in total. The van der Waals surface area contributed by atoms with Crippen LogP contribution in [0.1, 0.15) is 13.8 Å². The lowest BCUT2D eigenvalue weighted by Gasteiger charge is -2.20. The molecule has 0 aromatic rings. The molecule has 0 aromatic carbocycles. The summed E-state index contributed by atoms with van der Waals surface area (Å²) in [7, 11) is -2.63. The molecule has 0 saturated heterocycles. The van der Waals surface area contributed by atoms with Gasteiger partial charge in [0.15, 0.2) is 5.78 Å². The van der Waals surface area contributed by atoms with Gasteiger partial charge in [-0.2, -0.15) is 0 Å². The van der Waals surface area contributed by atoms with Crippen LogP contribution in [0.25, 0.3) is 0 Å². The maximum atomic E-state index is 12.6. The molecule has 1 aliphatic carbocycles. The second-order valence-corrected chi connectivity index (χ2v) is 19.3. The highest BCUT2D eigenvalue weighted by atomic mass is 35.5. The minimum absolute atomic E-state index is 0.0561. The van der Waals surface area contributed by atoms with Crippen molar-refractivity contribution >= 4 is 33.5 Å². The van der Waals surface area contributed by atoms with Crippen molar-refractivity contribution in [1.82, 2.24) is 0 Å². The molecule has 1 rings (SSSR count). The van der Waals surface area contributed by atoms with E-state index in [0.717, 1.165) is 11.1 Å². The smallest absolute Gasteiger partial charge is 0.184 e. The van der Waals surface area contributed by atoms with Gasteiger partial charge in [-0.05, 0) is 12.5 Å². The van der Waals surface area contributed by atoms with Crippen LogP contribution in [0.4, 0.5) is 0 Å². The van der Waals surface area contributed by atoms with E-state index in [0.29, 0.717) is 0 Å². The van der Waals surface area contributed by atoms with Gasteiger partial charge in [-0.1, -0.05) is 69.8 Å². The minimum Gasteiger partial charge on any atom is -0.292 e. The summed E-state index contributed by atoms with van der Waals surface area (Å²) in [6.07, 6.45) is 4.19. The Labute approximate surface area is 137 Å². The monoisotopic (exact) mass is 340 g/mol. The first-order valence-corrected chi connectivity index (χ1v) is 15.2. The molecule has 0 unspecified atom stereocenters. The van der Waals surface area contributed by atoms with Crippen molar-refractivity contribution in [1.29, 1.82) is 0 Å². The molecule has 4 heteroatoms. The number of rotatable bonds is 4. The molecular weight excluding hydrogens is 312 g/mol. The normalized spacial score (nSPS) is 28.4. The van der Waals surface area contributed by atoms with Crippen molar-refractivity contribution in [3.05, 3.63) is 34.7 Å². The molecule has 118 valence electrons. The predicted molar refractivity (Wildman–Crippen MR) is 100 cm³/mol.